The van der Waals surface area contributed by atoms with Crippen molar-refractivity contribution in [1.82, 2.24) is 0 Å². The maximum Gasteiger partial charge on any atom is -0.0000487 e. The first-order valence-corrected chi connectivity index (χ1v) is 12.8. The zero-order valence-corrected chi connectivity index (χ0v) is 19.2. The van der Waals surface area contributed by atoms with Gasteiger partial charge in [-0.1, -0.05) is 78.9 Å². The molecule has 0 heterocycles. The van der Waals surface area contributed by atoms with Crippen LogP contribution in [-0.2, 0) is 0 Å². The topological polar surface area (TPSA) is 0 Å². The molecule has 36 heavy (non-hydrogen) atoms. The third-order valence-corrected chi connectivity index (χ3v) is 9.31. The van der Waals surface area contributed by atoms with Gasteiger partial charge in [0.1, 0.15) is 0 Å². The molecule has 11 aromatic rings. The Bertz CT molecular complexity index is 2670. The van der Waals surface area contributed by atoms with Gasteiger partial charge in [-0.25, -0.2) is 0 Å². The molecule has 0 amide bonds. The Kier molecular flexibility index (Phi) is 2.40. The summed E-state index contributed by atoms with van der Waals surface area (Å²) >= 11 is 0. The Morgan fingerprint density at radius 2 is 0.667 bits per heavy atom. The van der Waals surface area contributed by atoms with Gasteiger partial charge in [-0.2, -0.15) is 0 Å². The van der Waals surface area contributed by atoms with E-state index < -0.39 is 0 Å². The molecule has 0 saturated carbocycles. The minimum Gasteiger partial charge on any atom is -0.0610 e. The molecule has 0 N–H and O–H groups in total. The minimum atomic E-state index is 1.34. The van der Waals surface area contributed by atoms with Crippen LogP contribution in [0.1, 0.15) is 0 Å². The Balaban J connectivity index is 1.73. The number of rotatable bonds is 0. The van der Waals surface area contributed by atoms with E-state index in [0.717, 1.165) is 0 Å². The van der Waals surface area contributed by atoms with E-state index in [1.54, 1.807) is 0 Å². The Hall–Kier alpha value is -4.68. The van der Waals surface area contributed by atoms with Crippen LogP contribution in [-0.4, -0.2) is 0 Å². The molecule has 0 unspecified atom stereocenters. The summed E-state index contributed by atoms with van der Waals surface area (Å²) in [6.07, 6.45) is 0. The summed E-state index contributed by atoms with van der Waals surface area (Å²) in [5.74, 6) is 0. The number of fused-ring (bicyclic) bond motifs is 2. The monoisotopic (exact) mass is 448 g/mol. The summed E-state index contributed by atoms with van der Waals surface area (Å²) in [5.41, 5.74) is 0. The molecule has 11 rings (SSSR count). The van der Waals surface area contributed by atoms with Crippen LogP contribution < -0.4 is 0 Å². The zero-order chi connectivity index (χ0) is 22.9. The van der Waals surface area contributed by atoms with E-state index in [2.05, 4.69) is 97.1 Å². The van der Waals surface area contributed by atoms with E-state index in [1.165, 1.54) is 108 Å². The van der Waals surface area contributed by atoms with Crippen molar-refractivity contribution in [3.8, 4) is 0 Å². The molecule has 0 aliphatic carbocycles. The van der Waals surface area contributed by atoms with Crippen molar-refractivity contribution in [3.63, 3.8) is 0 Å². The van der Waals surface area contributed by atoms with Crippen molar-refractivity contribution < 1.29 is 0 Å². The second kappa shape index (κ2) is 5.12. The first kappa shape index (κ1) is 16.9. The highest BCUT2D eigenvalue weighted by Crippen LogP contribution is 2.55. The summed E-state index contributed by atoms with van der Waals surface area (Å²) in [5, 5.41) is 28.1. The minimum absolute atomic E-state index is 1.34. The van der Waals surface area contributed by atoms with Gasteiger partial charge >= 0.3 is 0 Å². The van der Waals surface area contributed by atoms with Gasteiger partial charge in [-0.15, -0.1) is 0 Å². The smallest absolute Gasteiger partial charge is 0.0000487 e. The van der Waals surface area contributed by atoms with E-state index in [-0.39, 0.29) is 0 Å². The quantitative estimate of drug-likeness (QED) is 0.160. The van der Waals surface area contributed by atoms with Gasteiger partial charge in [0.15, 0.2) is 0 Å². The van der Waals surface area contributed by atoms with Crippen molar-refractivity contribution >= 4 is 108 Å². The molecule has 0 aromatic heterocycles. The van der Waals surface area contributed by atoms with E-state index in [1.807, 2.05) is 0 Å². The lowest BCUT2D eigenvalue weighted by Gasteiger charge is -2.26. The van der Waals surface area contributed by atoms with Crippen molar-refractivity contribution in [2.24, 2.45) is 0 Å². The molecular formula is C36H16. The predicted octanol–water partition coefficient (Wildman–Crippen LogP) is 10.4. The molecule has 0 atom stereocenters. The Morgan fingerprint density at radius 1 is 0.222 bits per heavy atom. The fourth-order valence-electron chi connectivity index (χ4n) is 8.11. The maximum absolute atomic E-state index is 2.47. The molecule has 0 aliphatic heterocycles. The van der Waals surface area contributed by atoms with Crippen LogP contribution in [0.3, 0.4) is 0 Å². The molecule has 0 fully saturated rings. The fraction of sp³-hybridized carbons (Fsp3) is 0. The highest BCUT2D eigenvalue weighted by molar-refractivity contribution is 6.55. The highest BCUT2D eigenvalue weighted by Gasteiger charge is 2.26. The van der Waals surface area contributed by atoms with Crippen LogP contribution >= 0.6 is 0 Å². The number of benzene rings is 11. The molecule has 11 aromatic carbocycles. The summed E-state index contributed by atoms with van der Waals surface area (Å²) in [7, 11) is 0. The molecule has 0 spiro atoms. The average Bonchev–Trinajstić information content (AvgIpc) is 2.92. The van der Waals surface area contributed by atoms with Gasteiger partial charge < -0.3 is 0 Å². The third-order valence-electron chi connectivity index (χ3n) is 9.31. The molecule has 0 radical (unpaired) electrons. The van der Waals surface area contributed by atoms with E-state index in [0.29, 0.717) is 0 Å². The van der Waals surface area contributed by atoms with Crippen molar-refractivity contribution in [2.45, 2.75) is 0 Å². The third kappa shape index (κ3) is 1.55. The van der Waals surface area contributed by atoms with Gasteiger partial charge in [-0.3, -0.25) is 0 Å². The second-order valence-corrected chi connectivity index (χ2v) is 10.8. The van der Waals surface area contributed by atoms with Gasteiger partial charge in [0.2, 0.25) is 0 Å². The predicted molar refractivity (Wildman–Crippen MR) is 157 cm³/mol. The second-order valence-electron chi connectivity index (χ2n) is 10.8. The molecule has 0 nitrogen and oxygen atoms in total. The van der Waals surface area contributed by atoms with Crippen LogP contribution in [0.4, 0.5) is 0 Å². The SMILES string of the molecule is c1cc2cc3ccc4ccc5c6cccc7cc8cccc9c%10cc(c1)c2c1c3c4c5c(c%101)c(c76)c89. The lowest BCUT2D eigenvalue weighted by Crippen LogP contribution is -1.97. The van der Waals surface area contributed by atoms with Gasteiger partial charge in [-0.05, 0) is 126 Å². The van der Waals surface area contributed by atoms with Crippen molar-refractivity contribution in [2.75, 3.05) is 0 Å². The van der Waals surface area contributed by atoms with E-state index >= 15 is 0 Å². The molecule has 160 valence electrons. The molecular weight excluding hydrogens is 432 g/mol. The average molecular weight is 449 g/mol. The van der Waals surface area contributed by atoms with Crippen LogP contribution in [0.25, 0.3) is 108 Å². The fourth-order valence-corrected chi connectivity index (χ4v) is 8.11. The largest absolute Gasteiger partial charge is 0.0610 e. The molecule has 0 heteroatoms. The van der Waals surface area contributed by atoms with Gasteiger partial charge in [0, 0.05) is 0 Å². The zero-order valence-electron chi connectivity index (χ0n) is 19.2. The molecule has 0 saturated heterocycles. The summed E-state index contributed by atoms with van der Waals surface area (Å²) < 4.78 is 0. The lowest BCUT2D eigenvalue weighted by molar-refractivity contribution is 1.81. The standard InChI is InChI=1S/C36H16/c1-4-18-14-22-11-10-17-12-13-25-23-8-2-6-19-15-20-7-3-9-24-26-16-21(5-1)27(18)34-31(22)30(17)32(25)36(33(26)34)35(28(19)23)29(20)24/h1-16H. The normalized spacial score (nSPS) is 13.6. The highest BCUT2D eigenvalue weighted by atomic mass is 14.3. The molecule has 0 aliphatic rings. The van der Waals surface area contributed by atoms with Gasteiger partial charge in [0.25, 0.3) is 0 Å². The lowest BCUT2D eigenvalue weighted by atomic mass is 9.76. The maximum atomic E-state index is 2.47. The van der Waals surface area contributed by atoms with Crippen LogP contribution in [0, 0.1) is 0 Å². The first-order chi connectivity index (χ1) is 17.9. The summed E-state index contributed by atoms with van der Waals surface area (Å²) in [6.45, 7) is 0. The molecule has 0 bridgehead atoms. The van der Waals surface area contributed by atoms with Crippen LogP contribution in [0.2, 0.25) is 0 Å². The Labute approximate surface area is 204 Å². The number of hydrogen-bond donors (Lipinski definition) is 0. The van der Waals surface area contributed by atoms with Crippen LogP contribution in [0.15, 0.2) is 97.1 Å². The van der Waals surface area contributed by atoms with Crippen molar-refractivity contribution in [3.05, 3.63) is 97.1 Å². The Morgan fingerprint density at radius 3 is 1.44 bits per heavy atom. The van der Waals surface area contributed by atoms with Gasteiger partial charge in [0.05, 0.1) is 0 Å². The first-order valence-electron chi connectivity index (χ1n) is 12.8. The van der Waals surface area contributed by atoms with E-state index in [4.69, 9.17) is 0 Å². The number of hydrogen-bond acceptors (Lipinski definition) is 0. The summed E-state index contributed by atoms with van der Waals surface area (Å²) in [6, 6.07) is 37.3. The van der Waals surface area contributed by atoms with E-state index in [9.17, 15) is 0 Å². The summed E-state index contributed by atoms with van der Waals surface area (Å²) in [4.78, 5) is 0. The van der Waals surface area contributed by atoms with Crippen LogP contribution in [0.5, 0.6) is 0 Å². The van der Waals surface area contributed by atoms with Crippen molar-refractivity contribution in [1.29, 1.82) is 0 Å².